The molecule has 1 aromatic carbocycles. The maximum atomic E-state index is 16.2. The van der Waals surface area contributed by atoms with Crippen molar-refractivity contribution in [3.63, 3.8) is 0 Å². The minimum Gasteiger partial charge on any atom is -0.427 e. The summed E-state index contributed by atoms with van der Waals surface area (Å²) < 4.78 is 14.1. The number of aromatic amines is 1. The fourth-order valence-electron chi connectivity index (χ4n) is 24.6. The molecule has 19 rings (SSSR count). The van der Waals surface area contributed by atoms with Crippen molar-refractivity contribution in [3.05, 3.63) is 146 Å². The Morgan fingerprint density at radius 3 is 2.52 bits per heavy atom. The fourth-order valence-corrected chi connectivity index (χ4v) is 27.1. The standard InChI is InChI=1S/C82H98N6O9S2/c1-2-81(26-5-6-27-81)62-19-15-53-36-60-57-24-28-82(74(60)73-71(53)77(62)97-79(73)94)65-21-18-58(70-54-31-44-30-45(41-89)32-51-14-17-56(59(70)33-44)49(34-54)13-12-46-8-3-4-9-48(46)37-64(51)90)78(87-63-20-16-47-10-7-11-52(69(47)76(63)93)35-55-39-83-42-85-55)99-98-43-86-66-38-50(25-29-84-66)61(72(57)75(82)80(95)96-65)40-88-67(91)22-23-68(88)92/h3-4,8-9,21-23,25,34,38-39,42,44-45,47,51-54,56-61,63-64,69-70,74,76,78,84,86-87,89-90,93H,2,5-7,10-13,15-16,18-20,24,26-33,35-37,40-41,43H2,1H3,(H,83,85)/b65-21-/t44-,45-,47+,51+,52-,53+,54-,56+,57+,58-,59+,60+,61-,63-,64+,69+,70+,74-,76+,78+,82+/m1/s1. The molecule has 1 spiro atoms. The minimum absolute atomic E-state index is 0.000590. The van der Waals surface area contributed by atoms with Crippen molar-refractivity contribution in [2.24, 2.45) is 106 Å². The smallest absolute Gasteiger partial charge is 0.340 e. The number of dihydropyridines is 1. The molecule has 6 fully saturated rings. The summed E-state index contributed by atoms with van der Waals surface area (Å²) in [4.78, 5) is 69.0. The molecule has 7 N–H and O–H groups in total. The maximum absolute atomic E-state index is 16.2. The molecule has 2 amide bonds. The van der Waals surface area contributed by atoms with E-state index in [9.17, 15) is 24.9 Å². The van der Waals surface area contributed by atoms with Gasteiger partial charge in [0.15, 0.2) is 0 Å². The SMILES string of the molecule is CCC1(C2=C3OC(=O)C4=C3[C@@H](CC2)C[C@H]2[C@@H]3CC[C@@]5(C6=C3[C@H](CN3C(=O)C=CC3=O)C3=CCNC(=C3)NCSS[C@H](N[C@@H]3CC[C@@H]7CCC[C@H](Cc8cnc[nH]8)[C@H]7[C@H]3O)[C@@H]([C@H]3[C@H]7C[C@@H]8C[C@@H](CO)C[C@@H]9C#C[C@H]7C(=C[C@H]3C8)CCc3ccccc3C[C@@H]9O)C/C=C/5OC6=O)[C@@H]42)CCCC1. The van der Waals surface area contributed by atoms with E-state index in [1.54, 1.807) is 17.1 Å². The van der Waals surface area contributed by atoms with E-state index < -0.39 is 35.4 Å². The Morgan fingerprint density at radius 1 is 0.828 bits per heavy atom. The van der Waals surface area contributed by atoms with E-state index in [-0.39, 0.29) is 113 Å². The van der Waals surface area contributed by atoms with Gasteiger partial charge in [-0.3, -0.25) is 19.8 Å². The number of aromatic nitrogens is 2. The second kappa shape index (κ2) is 26.1. The Labute approximate surface area is 590 Å². The van der Waals surface area contributed by atoms with Gasteiger partial charge in [-0.2, -0.15) is 0 Å². The Morgan fingerprint density at radius 2 is 1.69 bits per heavy atom. The van der Waals surface area contributed by atoms with Crippen LogP contribution in [0.3, 0.4) is 0 Å². The molecule has 17 aliphatic rings. The second-order valence-electron chi connectivity index (χ2n) is 33.1. The fraction of sp³-hybridized carbons (Fsp3) is 0.622. The summed E-state index contributed by atoms with van der Waals surface area (Å²) in [5, 5.41) is 48.7. The molecule has 1 aromatic heterocycles. The normalized spacial score (nSPS) is 40.8. The molecule has 12 aliphatic carbocycles. The Bertz CT molecular complexity index is 3940. The second-order valence-corrected chi connectivity index (χ2v) is 35.6. The van der Waals surface area contributed by atoms with Gasteiger partial charge in [0.05, 0.1) is 46.6 Å². The van der Waals surface area contributed by atoms with Crippen molar-refractivity contribution in [3.8, 4) is 11.8 Å². The third-order valence-electron chi connectivity index (χ3n) is 28.8. The van der Waals surface area contributed by atoms with Gasteiger partial charge in [-0.15, -0.1) is 0 Å². The Kier molecular flexibility index (Phi) is 17.2. The van der Waals surface area contributed by atoms with Gasteiger partial charge >= 0.3 is 11.9 Å². The van der Waals surface area contributed by atoms with E-state index in [1.807, 2.05) is 17.0 Å². The number of imide groups is 1. The molecule has 1 saturated heterocycles. The van der Waals surface area contributed by atoms with E-state index in [0.29, 0.717) is 67.2 Å². The summed E-state index contributed by atoms with van der Waals surface area (Å²) >= 11 is 0. The van der Waals surface area contributed by atoms with Gasteiger partial charge < -0.3 is 40.4 Å². The molecule has 522 valence electrons. The first-order valence-corrected chi connectivity index (χ1v) is 40.8. The Balaban J connectivity index is 0.821. The third kappa shape index (κ3) is 11.0. The molecule has 5 aliphatic heterocycles. The van der Waals surface area contributed by atoms with Crippen LogP contribution in [0.1, 0.15) is 159 Å². The monoisotopic (exact) mass is 1370 g/mol. The van der Waals surface area contributed by atoms with Crippen LogP contribution in [-0.4, -0.2) is 103 Å². The molecular formula is C82H98N6O9S2. The number of amides is 2. The van der Waals surface area contributed by atoms with Gasteiger partial charge in [0.25, 0.3) is 11.8 Å². The number of aryl methyl sites for hydroxylation is 1. The van der Waals surface area contributed by atoms with Crippen molar-refractivity contribution in [2.45, 2.75) is 185 Å². The topological polar surface area (TPSA) is 215 Å². The van der Waals surface area contributed by atoms with Crippen LogP contribution in [0.25, 0.3) is 0 Å². The lowest BCUT2D eigenvalue weighted by atomic mass is 9.42. The van der Waals surface area contributed by atoms with Crippen molar-refractivity contribution < 1.29 is 44.0 Å². The Hall–Kier alpha value is -5.87. The number of fused-ring (bicyclic) bond motifs is 7. The zero-order valence-corrected chi connectivity index (χ0v) is 58.9. The van der Waals surface area contributed by atoms with Gasteiger partial charge in [0, 0.05) is 84.6 Å². The lowest BCUT2D eigenvalue weighted by molar-refractivity contribution is -0.138. The maximum Gasteiger partial charge on any atom is 0.340 e. The van der Waals surface area contributed by atoms with Crippen LogP contribution in [0.5, 0.6) is 0 Å². The largest absolute Gasteiger partial charge is 0.427 e. The predicted octanol–water partition coefficient (Wildman–Crippen LogP) is 11.9. The zero-order chi connectivity index (χ0) is 67.0. The number of imidazole rings is 1. The number of carbonyl (C=O) groups excluding carboxylic acids is 4. The average molecular weight is 1380 g/mol. The first-order valence-electron chi connectivity index (χ1n) is 38.4. The number of carbonyl (C=O) groups is 4. The molecule has 6 heterocycles. The molecule has 5 saturated carbocycles. The lowest BCUT2D eigenvalue weighted by Gasteiger charge is -2.58. The summed E-state index contributed by atoms with van der Waals surface area (Å²) in [6, 6.07) is 8.44. The first kappa shape index (κ1) is 65.2. The number of esters is 2. The quantitative estimate of drug-likeness (QED) is 0.0387. The molecule has 17 heteroatoms. The molecule has 2 aromatic rings. The number of allylic oxidation sites excluding steroid dienone is 7. The van der Waals surface area contributed by atoms with E-state index in [0.717, 1.165) is 155 Å². The summed E-state index contributed by atoms with van der Waals surface area (Å²) in [5.41, 5.74) is 9.61. The number of H-pyrrole nitrogens is 1. The van der Waals surface area contributed by atoms with Crippen LogP contribution in [0.4, 0.5) is 0 Å². The van der Waals surface area contributed by atoms with Crippen LogP contribution in [0.15, 0.2) is 130 Å². The molecule has 0 unspecified atom stereocenters. The molecule has 15 nitrogen and oxygen atoms in total. The average Bonchev–Trinajstić information content (AvgIpc) is 1.58. The van der Waals surface area contributed by atoms with Crippen LogP contribution in [-0.2, 0) is 47.9 Å². The van der Waals surface area contributed by atoms with E-state index in [4.69, 9.17) is 9.47 Å². The van der Waals surface area contributed by atoms with Crippen molar-refractivity contribution in [1.82, 2.24) is 30.8 Å². The van der Waals surface area contributed by atoms with Crippen molar-refractivity contribution >= 4 is 45.3 Å². The minimum atomic E-state index is -1.05. The third-order valence-corrected chi connectivity index (χ3v) is 31.2. The van der Waals surface area contributed by atoms with Gasteiger partial charge in [-0.25, -0.2) is 14.6 Å². The van der Waals surface area contributed by atoms with Gasteiger partial charge in [0.2, 0.25) is 0 Å². The van der Waals surface area contributed by atoms with Crippen LogP contribution in [0, 0.1) is 117 Å². The van der Waals surface area contributed by atoms with Gasteiger partial charge in [-0.05, 0) is 245 Å². The highest BCUT2D eigenvalue weighted by molar-refractivity contribution is 8.76. The highest BCUT2D eigenvalue weighted by Crippen LogP contribution is 2.74. The number of aliphatic hydroxyl groups is 3. The number of hydrogen-bond acceptors (Lipinski definition) is 15. The predicted molar refractivity (Wildman–Crippen MR) is 380 cm³/mol. The highest BCUT2D eigenvalue weighted by atomic mass is 33.1. The van der Waals surface area contributed by atoms with Crippen LogP contribution < -0.4 is 16.0 Å². The van der Waals surface area contributed by atoms with Crippen LogP contribution >= 0.6 is 21.6 Å². The number of aliphatic hydroxyl groups excluding tert-OH is 3. The first-order chi connectivity index (χ1) is 48.4. The molecular weight excluding hydrogens is 1280 g/mol. The van der Waals surface area contributed by atoms with Crippen molar-refractivity contribution in [2.75, 3.05) is 25.6 Å². The van der Waals surface area contributed by atoms with E-state index >= 15 is 9.59 Å². The van der Waals surface area contributed by atoms with E-state index in [2.05, 4.69) is 93.3 Å². The lowest BCUT2D eigenvalue weighted by Crippen LogP contribution is -2.57. The van der Waals surface area contributed by atoms with Crippen molar-refractivity contribution in [1.29, 1.82) is 0 Å². The summed E-state index contributed by atoms with van der Waals surface area (Å²) in [5.74, 6) is 9.38. The number of rotatable bonds is 10. The van der Waals surface area contributed by atoms with E-state index in [1.165, 1.54) is 52.2 Å². The molecule has 0 radical (unpaired) electrons. The summed E-state index contributed by atoms with van der Waals surface area (Å²) in [6.07, 6.45) is 36.4. The molecule has 21 atom stereocenters. The number of ether oxygens (including phenoxy) is 2. The number of nitrogens with zero attached hydrogens (tertiary/aromatic N) is 2. The number of hydrogen-bond donors (Lipinski definition) is 7. The molecule has 12 bridgehead atoms. The van der Waals surface area contributed by atoms with Crippen LogP contribution in [0.2, 0.25) is 0 Å². The highest BCUT2D eigenvalue weighted by Gasteiger charge is 2.71. The molecule has 99 heavy (non-hydrogen) atoms. The summed E-state index contributed by atoms with van der Waals surface area (Å²) in [7, 11) is 3.65. The van der Waals surface area contributed by atoms with Gasteiger partial charge in [0.1, 0.15) is 11.5 Å². The zero-order valence-electron chi connectivity index (χ0n) is 57.3. The van der Waals surface area contributed by atoms with Gasteiger partial charge in [-0.1, -0.05) is 108 Å². The summed E-state index contributed by atoms with van der Waals surface area (Å²) in [6.45, 7) is 2.93. The number of benzene rings is 1. The number of nitrogens with one attached hydrogen (secondary N) is 4.